The standard InChI is InChI=1S/C16H22N2O4S/c1-3-21-15(19)14(16(20)22-4-2)12-5-6-13(17-11-12)18-7-9-23-10-8-18/h5-6,11,14H,3-4,7-10H2,1-2H3. The summed E-state index contributed by atoms with van der Waals surface area (Å²) < 4.78 is 9.98. The summed E-state index contributed by atoms with van der Waals surface area (Å²) in [5.74, 6) is 0.744. The largest absolute Gasteiger partial charge is 0.465 e. The molecule has 1 aromatic heterocycles. The average molecular weight is 338 g/mol. The zero-order chi connectivity index (χ0) is 16.7. The Kier molecular flexibility index (Phi) is 6.70. The van der Waals surface area contributed by atoms with E-state index in [2.05, 4.69) is 9.88 Å². The van der Waals surface area contributed by atoms with Crippen molar-refractivity contribution in [3.63, 3.8) is 0 Å². The maximum absolute atomic E-state index is 12.1. The molecule has 1 aliphatic heterocycles. The monoisotopic (exact) mass is 338 g/mol. The van der Waals surface area contributed by atoms with E-state index in [-0.39, 0.29) is 13.2 Å². The number of anilines is 1. The Morgan fingerprint density at radius 2 is 1.78 bits per heavy atom. The molecule has 7 heteroatoms. The molecule has 0 bridgehead atoms. The van der Waals surface area contributed by atoms with Crippen molar-refractivity contribution in [2.24, 2.45) is 0 Å². The van der Waals surface area contributed by atoms with E-state index in [0.717, 1.165) is 30.4 Å². The number of nitrogens with zero attached hydrogens (tertiary/aromatic N) is 2. The van der Waals surface area contributed by atoms with Crippen molar-refractivity contribution in [1.82, 2.24) is 4.98 Å². The van der Waals surface area contributed by atoms with Crippen molar-refractivity contribution < 1.29 is 19.1 Å². The molecule has 2 heterocycles. The lowest BCUT2D eigenvalue weighted by molar-refractivity contribution is -0.156. The summed E-state index contributed by atoms with van der Waals surface area (Å²) in [6.45, 7) is 5.75. The summed E-state index contributed by atoms with van der Waals surface area (Å²) >= 11 is 1.93. The number of carbonyl (C=O) groups is 2. The first-order valence-corrected chi connectivity index (χ1v) is 8.94. The van der Waals surface area contributed by atoms with E-state index in [1.54, 1.807) is 26.1 Å². The topological polar surface area (TPSA) is 68.7 Å². The molecule has 1 fully saturated rings. The van der Waals surface area contributed by atoms with Gasteiger partial charge in [-0.2, -0.15) is 11.8 Å². The Hall–Kier alpha value is -1.76. The van der Waals surface area contributed by atoms with Crippen LogP contribution in [-0.4, -0.2) is 54.7 Å². The zero-order valence-corrected chi connectivity index (χ0v) is 14.3. The molecule has 1 aromatic rings. The number of hydrogen-bond donors (Lipinski definition) is 0. The van der Waals surface area contributed by atoms with Gasteiger partial charge in [0.15, 0.2) is 5.92 Å². The quantitative estimate of drug-likeness (QED) is 0.579. The van der Waals surface area contributed by atoms with Crippen LogP contribution in [0, 0.1) is 0 Å². The molecule has 0 spiro atoms. The lowest BCUT2D eigenvalue weighted by Gasteiger charge is -2.27. The number of thioether (sulfide) groups is 1. The summed E-state index contributed by atoms with van der Waals surface area (Å²) in [5.41, 5.74) is 0.497. The predicted molar refractivity (Wildman–Crippen MR) is 89.8 cm³/mol. The molecule has 1 aliphatic rings. The highest BCUT2D eigenvalue weighted by molar-refractivity contribution is 7.99. The van der Waals surface area contributed by atoms with Gasteiger partial charge in [0, 0.05) is 30.8 Å². The molecular weight excluding hydrogens is 316 g/mol. The molecule has 2 rings (SSSR count). The molecule has 0 aromatic carbocycles. The van der Waals surface area contributed by atoms with Gasteiger partial charge in [-0.05, 0) is 25.5 Å². The SMILES string of the molecule is CCOC(=O)C(C(=O)OCC)c1ccc(N2CCSCC2)nc1. The van der Waals surface area contributed by atoms with Gasteiger partial charge < -0.3 is 14.4 Å². The minimum atomic E-state index is -1.08. The van der Waals surface area contributed by atoms with E-state index in [1.807, 2.05) is 17.8 Å². The molecule has 0 amide bonds. The third-order valence-electron chi connectivity index (χ3n) is 3.48. The van der Waals surface area contributed by atoms with Crippen LogP contribution in [0.2, 0.25) is 0 Å². The van der Waals surface area contributed by atoms with Gasteiger partial charge in [0.2, 0.25) is 0 Å². The van der Waals surface area contributed by atoms with Gasteiger partial charge in [-0.15, -0.1) is 0 Å². The minimum absolute atomic E-state index is 0.214. The highest BCUT2D eigenvalue weighted by Crippen LogP contribution is 2.23. The maximum atomic E-state index is 12.1. The van der Waals surface area contributed by atoms with E-state index < -0.39 is 17.9 Å². The Morgan fingerprint density at radius 1 is 1.17 bits per heavy atom. The number of ether oxygens (including phenoxy) is 2. The van der Waals surface area contributed by atoms with Gasteiger partial charge in [0.05, 0.1) is 13.2 Å². The highest BCUT2D eigenvalue weighted by atomic mass is 32.2. The van der Waals surface area contributed by atoms with Crippen molar-refractivity contribution in [2.45, 2.75) is 19.8 Å². The molecule has 6 nitrogen and oxygen atoms in total. The molecule has 1 saturated heterocycles. The summed E-state index contributed by atoms with van der Waals surface area (Å²) in [6, 6.07) is 3.60. The molecule has 0 saturated carbocycles. The zero-order valence-electron chi connectivity index (χ0n) is 13.5. The van der Waals surface area contributed by atoms with Gasteiger partial charge in [-0.3, -0.25) is 9.59 Å². The molecular formula is C16H22N2O4S. The molecule has 23 heavy (non-hydrogen) atoms. The summed E-state index contributed by atoms with van der Waals surface area (Å²) in [7, 11) is 0. The van der Waals surface area contributed by atoms with Crippen LogP contribution in [0.15, 0.2) is 18.3 Å². The first kappa shape index (κ1) is 17.6. The van der Waals surface area contributed by atoms with Crippen molar-refractivity contribution in [1.29, 1.82) is 0 Å². The van der Waals surface area contributed by atoms with Crippen LogP contribution >= 0.6 is 11.8 Å². The number of carbonyl (C=O) groups excluding carboxylic acids is 2. The average Bonchev–Trinajstić information content (AvgIpc) is 2.57. The van der Waals surface area contributed by atoms with E-state index in [9.17, 15) is 9.59 Å². The second-order valence-corrected chi connectivity index (χ2v) is 6.21. The lowest BCUT2D eigenvalue weighted by atomic mass is 10.0. The van der Waals surface area contributed by atoms with Crippen LogP contribution in [0.4, 0.5) is 5.82 Å². The smallest absolute Gasteiger partial charge is 0.324 e. The third kappa shape index (κ3) is 4.60. The molecule has 0 atom stereocenters. The molecule has 0 N–H and O–H groups in total. The first-order chi connectivity index (χ1) is 11.2. The fourth-order valence-corrected chi connectivity index (χ4v) is 3.27. The van der Waals surface area contributed by atoms with E-state index in [4.69, 9.17) is 9.47 Å². The van der Waals surface area contributed by atoms with Crippen molar-refractivity contribution in [2.75, 3.05) is 42.7 Å². The Balaban J connectivity index is 2.17. The van der Waals surface area contributed by atoms with Gasteiger partial charge in [-0.1, -0.05) is 6.07 Å². The van der Waals surface area contributed by atoms with E-state index in [1.165, 1.54) is 0 Å². The molecule has 0 radical (unpaired) electrons. The minimum Gasteiger partial charge on any atom is -0.465 e. The number of hydrogen-bond acceptors (Lipinski definition) is 7. The van der Waals surface area contributed by atoms with Gasteiger partial charge >= 0.3 is 11.9 Å². The van der Waals surface area contributed by atoms with Crippen molar-refractivity contribution in [3.8, 4) is 0 Å². The maximum Gasteiger partial charge on any atom is 0.324 e. The fraction of sp³-hybridized carbons (Fsp3) is 0.562. The van der Waals surface area contributed by atoms with Crippen LogP contribution in [0.25, 0.3) is 0 Å². The number of rotatable bonds is 6. The summed E-state index contributed by atoms with van der Waals surface area (Å²) in [6.07, 6.45) is 1.57. The summed E-state index contributed by atoms with van der Waals surface area (Å²) in [4.78, 5) is 30.8. The van der Waals surface area contributed by atoms with Crippen LogP contribution in [0.5, 0.6) is 0 Å². The second kappa shape index (κ2) is 8.76. The highest BCUT2D eigenvalue weighted by Gasteiger charge is 2.31. The first-order valence-electron chi connectivity index (χ1n) is 7.79. The van der Waals surface area contributed by atoms with Gasteiger partial charge in [-0.25, -0.2) is 4.98 Å². The third-order valence-corrected chi connectivity index (χ3v) is 4.43. The number of esters is 2. The van der Waals surface area contributed by atoms with Crippen LogP contribution < -0.4 is 4.90 Å². The van der Waals surface area contributed by atoms with Crippen molar-refractivity contribution >= 4 is 29.5 Å². The molecule has 0 aliphatic carbocycles. The van der Waals surface area contributed by atoms with Crippen LogP contribution in [0.3, 0.4) is 0 Å². The second-order valence-electron chi connectivity index (χ2n) is 4.99. The Bertz CT molecular complexity index is 511. The molecule has 126 valence electrons. The Morgan fingerprint density at radius 3 is 2.26 bits per heavy atom. The van der Waals surface area contributed by atoms with Crippen LogP contribution in [0.1, 0.15) is 25.3 Å². The van der Waals surface area contributed by atoms with Crippen molar-refractivity contribution in [3.05, 3.63) is 23.9 Å². The predicted octanol–water partition coefficient (Wildman–Crippen LogP) is 1.84. The normalized spacial score (nSPS) is 14.7. The van der Waals surface area contributed by atoms with Crippen LogP contribution in [-0.2, 0) is 19.1 Å². The summed E-state index contributed by atoms with van der Waals surface area (Å²) in [5, 5.41) is 0. The van der Waals surface area contributed by atoms with E-state index >= 15 is 0 Å². The number of pyridine rings is 1. The molecule has 0 unspecified atom stereocenters. The Labute approximate surface area is 140 Å². The fourth-order valence-electron chi connectivity index (χ4n) is 2.37. The number of aromatic nitrogens is 1. The van der Waals surface area contributed by atoms with E-state index in [0.29, 0.717) is 5.56 Å². The van der Waals surface area contributed by atoms with Gasteiger partial charge in [0.1, 0.15) is 5.82 Å². The van der Waals surface area contributed by atoms with Gasteiger partial charge in [0.25, 0.3) is 0 Å². The lowest BCUT2D eigenvalue weighted by Crippen LogP contribution is -2.33.